The fourth-order valence-corrected chi connectivity index (χ4v) is 3.83. The molecule has 0 spiro atoms. The standard InChI is InChI=1S/C21H21NO3/c1-14-19(23)10-9-17-16(12-20(24)25-21(14)17)13-22-11-5-8-18(22)15-6-3-2-4-7-15/h2-4,6-7,9-10,12,18,23H,5,8,11,13H2,1H3/t18-/m1/s1. The van der Waals surface area contributed by atoms with Crippen molar-refractivity contribution in [2.45, 2.75) is 32.4 Å². The molecule has 0 bridgehead atoms. The van der Waals surface area contributed by atoms with Crippen LogP contribution in [0.15, 0.2) is 57.7 Å². The summed E-state index contributed by atoms with van der Waals surface area (Å²) in [7, 11) is 0. The van der Waals surface area contributed by atoms with Gasteiger partial charge in [-0.3, -0.25) is 4.90 Å². The molecular weight excluding hydrogens is 314 g/mol. The minimum absolute atomic E-state index is 0.149. The highest BCUT2D eigenvalue weighted by atomic mass is 16.4. The van der Waals surface area contributed by atoms with Gasteiger partial charge in [-0.2, -0.15) is 0 Å². The van der Waals surface area contributed by atoms with Crippen LogP contribution in [0.2, 0.25) is 0 Å². The summed E-state index contributed by atoms with van der Waals surface area (Å²) in [6.07, 6.45) is 2.28. The lowest BCUT2D eigenvalue weighted by molar-refractivity contribution is 0.249. The van der Waals surface area contributed by atoms with Gasteiger partial charge in [-0.05, 0) is 49.6 Å². The zero-order valence-electron chi connectivity index (χ0n) is 14.2. The van der Waals surface area contributed by atoms with Crippen molar-refractivity contribution < 1.29 is 9.52 Å². The van der Waals surface area contributed by atoms with Crippen LogP contribution in [-0.2, 0) is 6.54 Å². The third kappa shape index (κ3) is 2.94. The molecule has 0 radical (unpaired) electrons. The summed E-state index contributed by atoms with van der Waals surface area (Å²) in [5.74, 6) is 0.149. The number of likely N-dealkylation sites (tertiary alicyclic amines) is 1. The van der Waals surface area contributed by atoms with Crippen molar-refractivity contribution in [3.05, 3.63) is 75.6 Å². The Balaban J connectivity index is 1.73. The van der Waals surface area contributed by atoms with E-state index < -0.39 is 0 Å². The lowest BCUT2D eigenvalue weighted by Gasteiger charge is -2.25. The van der Waals surface area contributed by atoms with Crippen LogP contribution in [0.1, 0.15) is 35.6 Å². The van der Waals surface area contributed by atoms with Crippen LogP contribution in [0.5, 0.6) is 5.75 Å². The Morgan fingerprint density at radius 3 is 2.80 bits per heavy atom. The van der Waals surface area contributed by atoms with Gasteiger partial charge in [-0.25, -0.2) is 4.79 Å². The SMILES string of the molecule is Cc1c(O)ccc2c(CN3CCC[C@@H]3c3ccccc3)cc(=O)oc12. The molecule has 0 aliphatic carbocycles. The van der Waals surface area contributed by atoms with Crippen LogP contribution in [-0.4, -0.2) is 16.6 Å². The molecule has 1 saturated heterocycles. The Labute approximate surface area is 146 Å². The molecule has 0 amide bonds. The predicted molar refractivity (Wildman–Crippen MR) is 97.7 cm³/mol. The first kappa shape index (κ1) is 15.9. The molecule has 25 heavy (non-hydrogen) atoms. The summed E-state index contributed by atoms with van der Waals surface area (Å²) in [6, 6.07) is 16.0. The maximum absolute atomic E-state index is 12.0. The van der Waals surface area contributed by atoms with E-state index in [1.54, 1.807) is 19.1 Å². The number of aromatic hydroxyl groups is 1. The van der Waals surface area contributed by atoms with E-state index in [2.05, 4.69) is 29.2 Å². The van der Waals surface area contributed by atoms with Gasteiger partial charge >= 0.3 is 5.63 Å². The number of hydrogen-bond donors (Lipinski definition) is 1. The smallest absolute Gasteiger partial charge is 0.336 e. The maximum Gasteiger partial charge on any atom is 0.336 e. The van der Waals surface area contributed by atoms with Crippen LogP contribution in [0.25, 0.3) is 11.0 Å². The fourth-order valence-electron chi connectivity index (χ4n) is 3.83. The van der Waals surface area contributed by atoms with E-state index in [1.807, 2.05) is 12.1 Å². The third-order valence-corrected chi connectivity index (χ3v) is 5.14. The number of fused-ring (bicyclic) bond motifs is 1. The number of phenols is 1. The van der Waals surface area contributed by atoms with E-state index in [0.29, 0.717) is 23.7 Å². The zero-order valence-corrected chi connectivity index (χ0v) is 14.2. The number of rotatable bonds is 3. The summed E-state index contributed by atoms with van der Waals surface area (Å²) in [5.41, 5.74) is 3.00. The van der Waals surface area contributed by atoms with Gasteiger partial charge in [0.05, 0.1) is 0 Å². The van der Waals surface area contributed by atoms with E-state index in [1.165, 1.54) is 5.56 Å². The summed E-state index contributed by atoms with van der Waals surface area (Å²) in [6.45, 7) is 3.48. The molecule has 0 saturated carbocycles. The summed E-state index contributed by atoms with van der Waals surface area (Å²) >= 11 is 0. The van der Waals surface area contributed by atoms with Crippen molar-refractivity contribution in [1.29, 1.82) is 0 Å². The van der Waals surface area contributed by atoms with Crippen molar-refractivity contribution in [1.82, 2.24) is 4.90 Å². The molecule has 1 aliphatic heterocycles. The van der Waals surface area contributed by atoms with Crippen LogP contribution >= 0.6 is 0 Å². The minimum atomic E-state index is -0.369. The third-order valence-electron chi connectivity index (χ3n) is 5.14. The van der Waals surface area contributed by atoms with Crippen LogP contribution in [0.4, 0.5) is 0 Å². The molecule has 1 fully saturated rings. The quantitative estimate of drug-likeness (QED) is 0.731. The molecule has 0 unspecified atom stereocenters. The second-order valence-corrected chi connectivity index (χ2v) is 6.72. The number of hydrogen-bond acceptors (Lipinski definition) is 4. The molecule has 2 heterocycles. The van der Waals surface area contributed by atoms with Gasteiger partial charge in [-0.15, -0.1) is 0 Å². The Kier molecular flexibility index (Phi) is 4.06. The van der Waals surface area contributed by atoms with Crippen molar-refractivity contribution in [3.8, 4) is 5.75 Å². The monoisotopic (exact) mass is 335 g/mol. The molecule has 1 aliphatic rings. The molecule has 2 aromatic carbocycles. The molecule has 4 nitrogen and oxygen atoms in total. The highest BCUT2D eigenvalue weighted by Gasteiger charge is 2.26. The Morgan fingerprint density at radius 2 is 2.00 bits per heavy atom. The van der Waals surface area contributed by atoms with Gasteiger partial charge in [0, 0.05) is 29.6 Å². The first-order chi connectivity index (χ1) is 12.1. The lowest BCUT2D eigenvalue weighted by Crippen LogP contribution is -2.23. The second-order valence-electron chi connectivity index (χ2n) is 6.72. The second kappa shape index (κ2) is 6.37. The zero-order chi connectivity index (χ0) is 17.4. The summed E-state index contributed by atoms with van der Waals surface area (Å²) in [5, 5.41) is 10.8. The average molecular weight is 335 g/mol. The fraction of sp³-hybridized carbons (Fsp3) is 0.286. The maximum atomic E-state index is 12.0. The molecule has 1 atom stereocenters. The predicted octanol–water partition coefficient (Wildman–Crippen LogP) is 4.14. The molecule has 128 valence electrons. The average Bonchev–Trinajstić information content (AvgIpc) is 3.07. The Hall–Kier alpha value is -2.59. The van der Waals surface area contributed by atoms with Crippen molar-refractivity contribution >= 4 is 11.0 Å². The number of aryl methyl sites for hydroxylation is 1. The topological polar surface area (TPSA) is 53.7 Å². The highest BCUT2D eigenvalue weighted by Crippen LogP contribution is 2.34. The summed E-state index contributed by atoms with van der Waals surface area (Å²) < 4.78 is 5.36. The molecule has 3 aromatic rings. The van der Waals surface area contributed by atoms with E-state index in [0.717, 1.165) is 30.3 Å². The first-order valence-electron chi connectivity index (χ1n) is 8.68. The van der Waals surface area contributed by atoms with Crippen LogP contribution < -0.4 is 5.63 Å². The minimum Gasteiger partial charge on any atom is -0.508 e. The molecule has 4 rings (SSSR count). The van der Waals surface area contributed by atoms with Gasteiger partial charge in [0.25, 0.3) is 0 Å². The van der Waals surface area contributed by atoms with Crippen LogP contribution in [0.3, 0.4) is 0 Å². The van der Waals surface area contributed by atoms with E-state index in [9.17, 15) is 9.90 Å². The van der Waals surface area contributed by atoms with E-state index >= 15 is 0 Å². The Bertz CT molecular complexity index is 962. The molecule has 4 heteroatoms. The van der Waals surface area contributed by atoms with Gasteiger partial charge < -0.3 is 9.52 Å². The van der Waals surface area contributed by atoms with E-state index in [-0.39, 0.29) is 11.4 Å². The van der Waals surface area contributed by atoms with Gasteiger partial charge in [-0.1, -0.05) is 30.3 Å². The normalized spacial score (nSPS) is 18.0. The summed E-state index contributed by atoms with van der Waals surface area (Å²) in [4.78, 5) is 14.4. The van der Waals surface area contributed by atoms with Crippen molar-refractivity contribution in [2.75, 3.05) is 6.54 Å². The molecule has 1 N–H and O–H groups in total. The number of benzene rings is 2. The largest absolute Gasteiger partial charge is 0.508 e. The molecule has 1 aromatic heterocycles. The number of nitrogens with zero attached hydrogens (tertiary/aromatic N) is 1. The molecular formula is C21H21NO3. The van der Waals surface area contributed by atoms with Crippen LogP contribution in [0, 0.1) is 6.92 Å². The van der Waals surface area contributed by atoms with Gasteiger partial charge in [0.1, 0.15) is 11.3 Å². The van der Waals surface area contributed by atoms with Gasteiger partial charge in [0.15, 0.2) is 0 Å². The van der Waals surface area contributed by atoms with E-state index in [4.69, 9.17) is 4.42 Å². The van der Waals surface area contributed by atoms with Crippen molar-refractivity contribution in [2.24, 2.45) is 0 Å². The number of phenolic OH excluding ortho intramolecular Hbond substituents is 1. The van der Waals surface area contributed by atoms with Gasteiger partial charge in [0.2, 0.25) is 0 Å². The highest BCUT2D eigenvalue weighted by molar-refractivity contribution is 5.84. The lowest BCUT2D eigenvalue weighted by atomic mass is 10.0. The Morgan fingerprint density at radius 1 is 1.20 bits per heavy atom. The first-order valence-corrected chi connectivity index (χ1v) is 8.68. The van der Waals surface area contributed by atoms with Crippen molar-refractivity contribution in [3.63, 3.8) is 0 Å².